The molecule has 2 heteroatoms. The van der Waals surface area contributed by atoms with Crippen LogP contribution >= 0.6 is 30.5 Å². The van der Waals surface area contributed by atoms with Crippen LogP contribution in [0.5, 0.6) is 0 Å². The standard InChI is InChI=1S/C4H10.BrH.H2S/c1-3-4-2;;/h3-4H2,1-2H3;1H;1H2. The van der Waals surface area contributed by atoms with Crippen molar-refractivity contribution in [3.05, 3.63) is 0 Å². The van der Waals surface area contributed by atoms with E-state index < -0.39 is 0 Å². The second-order valence-corrected chi connectivity index (χ2v) is 1.000. The molecule has 0 rings (SSSR count). The van der Waals surface area contributed by atoms with Gasteiger partial charge in [0.05, 0.1) is 0 Å². The molecule has 0 spiro atoms. The highest BCUT2D eigenvalue weighted by Gasteiger charge is 1.56. The van der Waals surface area contributed by atoms with Gasteiger partial charge in [0.15, 0.2) is 0 Å². The minimum absolute atomic E-state index is 0. The Morgan fingerprint density at radius 1 is 1.00 bits per heavy atom. The van der Waals surface area contributed by atoms with Gasteiger partial charge in [0.1, 0.15) is 0 Å². The van der Waals surface area contributed by atoms with Crippen LogP contribution in [0.15, 0.2) is 0 Å². The minimum Gasteiger partial charge on any atom is -0.197 e. The van der Waals surface area contributed by atoms with Crippen LogP contribution in [0.2, 0.25) is 0 Å². The van der Waals surface area contributed by atoms with Crippen LogP contribution in [-0.4, -0.2) is 0 Å². The van der Waals surface area contributed by atoms with Crippen molar-refractivity contribution < 1.29 is 0 Å². The van der Waals surface area contributed by atoms with Crippen molar-refractivity contribution in [2.24, 2.45) is 0 Å². The summed E-state index contributed by atoms with van der Waals surface area (Å²) in [6.07, 6.45) is 2.64. The zero-order chi connectivity index (χ0) is 3.41. The summed E-state index contributed by atoms with van der Waals surface area (Å²) in [5, 5.41) is 0. The molecule has 0 aliphatic carbocycles. The number of rotatable bonds is 1. The number of hydrogen-bond acceptors (Lipinski definition) is 0. The molecule has 0 aliphatic rings. The van der Waals surface area contributed by atoms with Gasteiger partial charge in [-0.1, -0.05) is 26.7 Å². The van der Waals surface area contributed by atoms with Crippen molar-refractivity contribution in [1.29, 1.82) is 0 Å². The van der Waals surface area contributed by atoms with Crippen LogP contribution < -0.4 is 0 Å². The van der Waals surface area contributed by atoms with E-state index >= 15 is 0 Å². The highest BCUT2D eigenvalue weighted by molar-refractivity contribution is 8.93. The summed E-state index contributed by atoms with van der Waals surface area (Å²) in [4.78, 5) is 0. The Kier molecular flexibility index (Phi) is 44.8. The quantitative estimate of drug-likeness (QED) is 0.571. The molecule has 0 amide bonds. The number of unbranched alkanes of at least 4 members (excludes halogenated alkanes) is 1. The highest BCUT2D eigenvalue weighted by atomic mass is 79.9. The maximum absolute atomic E-state index is 2.18. The van der Waals surface area contributed by atoms with E-state index in [0.29, 0.717) is 0 Å². The van der Waals surface area contributed by atoms with Gasteiger partial charge in [-0.05, 0) is 0 Å². The molecule has 0 aromatic heterocycles. The zero-order valence-electron chi connectivity index (χ0n) is 4.32. The number of hydrogen-bond donors (Lipinski definition) is 0. The Morgan fingerprint density at radius 2 is 1.17 bits per heavy atom. The Balaban J connectivity index is -0.0000000450. The third-order valence-corrected chi connectivity index (χ3v) is 0.500. The van der Waals surface area contributed by atoms with Gasteiger partial charge in [-0.2, -0.15) is 13.5 Å². The van der Waals surface area contributed by atoms with E-state index in [1.807, 2.05) is 0 Å². The molecule has 0 unspecified atom stereocenters. The molecule has 0 radical (unpaired) electrons. The minimum atomic E-state index is 0. The van der Waals surface area contributed by atoms with Crippen LogP contribution in [0.4, 0.5) is 0 Å². The Hall–Kier alpha value is 0.830. The predicted molar refractivity (Wildman–Crippen MR) is 41.3 cm³/mol. The average molecular weight is 173 g/mol. The maximum atomic E-state index is 2.18. The van der Waals surface area contributed by atoms with Crippen molar-refractivity contribution in [3.8, 4) is 0 Å². The molecule has 0 saturated carbocycles. The fraction of sp³-hybridized carbons (Fsp3) is 1.00. The lowest BCUT2D eigenvalue weighted by Crippen LogP contribution is -1.47. The van der Waals surface area contributed by atoms with Crippen molar-refractivity contribution >= 4 is 30.5 Å². The van der Waals surface area contributed by atoms with E-state index in [4.69, 9.17) is 0 Å². The van der Waals surface area contributed by atoms with Gasteiger partial charge in [0, 0.05) is 0 Å². The first-order valence-corrected chi connectivity index (χ1v) is 1.91. The van der Waals surface area contributed by atoms with Crippen LogP contribution in [0.1, 0.15) is 26.7 Å². The summed E-state index contributed by atoms with van der Waals surface area (Å²) < 4.78 is 0. The molecule has 0 heterocycles. The topological polar surface area (TPSA) is 0 Å². The zero-order valence-corrected chi connectivity index (χ0v) is 7.04. The van der Waals surface area contributed by atoms with Crippen molar-refractivity contribution in [2.75, 3.05) is 0 Å². The highest BCUT2D eigenvalue weighted by Crippen LogP contribution is 1.76. The smallest absolute Gasteiger partial charge is 0.0564 e. The molecule has 0 aromatic carbocycles. The first kappa shape index (κ1) is 15.8. The van der Waals surface area contributed by atoms with Gasteiger partial charge < -0.3 is 0 Å². The van der Waals surface area contributed by atoms with Crippen LogP contribution in [0.25, 0.3) is 0 Å². The molecule has 0 atom stereocenters. The maximum Gasteiger partial charge on any atom is -0.0564 e. The summed E-state index contributed by atoms with van der Waals surface area (Å²) in [5.41, 5.74) is 0. The Labute approximate surface area is 57.5 Å². The summed E-state index contributed by atoms with van der Waals surface area (Å²) in [6, 6.07) is 0. The van der Waals surface area contributed by atoms with Gasteiger partial charge in [-0.15, -0.1) is 17.0 Å². The molecule has 0 nitrogen and oxygen atoms in total. The lowest BCUT2D eigenvalue weighted by atomic mass is 10.4. The first-order chi connectivity index (χ1) is 1.91. The second-order valence-electron chi connectivity index (χ2n) is 1.000. The van der Waals surface area contributed by atoms with Gasteiger partial charge in [-0.3, -0.25) is 0 Å². The van der Waals surface area contributed by atoms with Crippen molar-refractivity contribution in [1.82, 2.24) is 0 Å². The molecule has 0 saturated heterocycles. The predicted octanol–water partition coefficient (Wildman–Crippen LogP) is 2.50. The summed E-state index contributed by atoms with van der Waals surface area (Å²) >= 11 is 0. The molecular weight excluding hydrogens is 160 g/mol. The largest absolute Gasteiger partial charge is 0.197 e. The van der Waals surface area contributed by atoms with E-state index in [2.05, 4.69) is 13.8 Å². The summed E-state index contributed by atoms with van der Waals surface area (Å²) in [7, 11) is 0. The molecular formula is C4H13BrS. The normalized spacial score (nSPS) is 5.00. The SMILES string of the molecule is Br.CCCC.S. The van der Waals surface area contributed by atoms with E-state index in [9.17, 15) is 0 Å². The fourth-order valence-electron chi connectivity index (χ4n) is 0. The molecule has 0 N–H and O–H groups in total. The van der Waals surface area contributed by atoms with E-state index in [1.54, 1.807) is 0 Å². The molecule has 42 valence electrons. The van der Waals surface area contributed by atoms with Gasteiger partial charge in [-0.25, -0.2) is 0 Å². The van der Waals surface area contributed by atoms with E-state index in [-0.39, 0.29) is 30.5 Å². The van der Waals surface area contributed by atoms with Crippen LogP contribution in [-0.2, 0) is 0 Å². The van der Waals surface area contributed by atoms with Gasteiger partial charge in [0.2, 0.25) is 0 Å². The lowest BCUT2D eigenvalue weighted by Gasteiger charge is -1.68. The van der Waals surface area contributed by atoms with Gasteiger partial charge in [0.25, 0.3) is 0 Å². The first-order valence-electron chi connectivity index (χ1n) is 1.91. The third-order valence-electron chi connectivity index (χ3n) is 0.500. The summed E-state index contributed by atoms with van der Waals surface area (Å²) in [6.45, 7) is 4.36. The summed E-state index contributed by atoms with van der Waals surface area (Å²) in [5.74, 6) is 0. The third kappa shape index (κ3) is 21.2. The fourth-order valence-corrected chi connectivity index (χ4v) is 0. The van der Waals surface area contributed by atoms with Crippen molar-refractivity contribution in [2.45, 2.75) is 26.7 Å². The van der Waals surface area contributed by atoms with E-state index in [0.717, 1.165) is 0 Å². The average Bonchev–Trinajstić information content (AvgIpc) is 1.37. The molecule has 6 heavy (non-hydrogen) atoms. The molecule has 0 aromatic rings. The molecule has 0 aliphatic heterocycles. The number of halogens is 1. The van der Waals surface area contributed by atoms with Crippen molar-refractivity contribution in [3.63, 3.8) is 0 Å². The van der Waals surface area contributed by atoms with Crippen LogP contribution in [0.3, 0.4) is 0 Å². The monoisotopic (exact) mass is 172 g/mol. The van der Waals surface area contributed by atoms with Gasteiger partial charge >= 0.3 is 0 Å². The Morgan fingerprint density at radius 3 is 1.17 bits per heavy atom. The molecule has 0 bridgehead atoms. The van der Waals surface area contributed by atoms with E-state index in [1.165, 1.54) is 12.8 Å². The molecule has 0 fully saturated rings. The lowest BCUT2D eigenvalue weighted by molar-refractivity contribution is 0.886. The second kappa shape index (κ2) is 17.0. The Bertz CT molecular complexity index is 9.51. The van der Waals surface area contributed by atoms with Crippen LogP contribution in [0, 0.1) is 0 Å².